The van der Waals surface area contributed by atoms with E-state index in [4.69, 9.17) is 4.74 Å². The highest BCUT2D eigenvalue weighted by molar-refractivity contribution is 5.94. The molecule has 2 amide bonds. The normalized spacial score (nSPS) is 15.4. The first-order valence-electron chi connectivity index (χ1n) is 9.01. The average molecular weight is 347 g/mol. The largest absolute Gasteiger partial charge is 0.379 e. The third-order valence-corrected chi connectivity index (χ3v) is 4.14. The van der Waals surface area contributed by atoms with E-state index in [0.29, 0.717) is 32.8 Å². The Morgan fingerprint density at radius 2 is 1.80 bits per heavy atom. The molecule has 0 unspecified atom stereocenters. The predicted octanol–water partition coefficient (Wildman–Crippen LogP) is 1.38. The molecule has 0 atom stereocenters. The van der Waals surface area contributed by atoms with Crippen molar-refractivity contribution < 1.29 is 14.3 Å². The SMILES string of the molecule is CC(C)OCCCNC(=O)CN1CCN(C(=O)c2ccccc2)CC1. The topological polar surface area (TPSA) is 61.9 Å². The summed E-state index contributed by atoms with van der Waals surface area (Å²) in [5.41, 5.74) is 0.720. The van der Waals surface area contributed by atoms with E-state index in [1.807, 2.05) is 49.1 Å². The molecule has 0 saturated carbocycles. The first-order valence-corrected chi connectivity index (χ1v) is 9.01. The van der Waals surface area contributed by atoms with Crippen LogP contribution in [0, 0.1) is 0 Å². The Morgan fingerprint density at radius 1 is 1.12 bits per heavy atom. The monoisotopic (exact) mass is 347 g/mol. The quantitative estimate of drug-likeness (QED) is 0.722. The fourth-order valence-corrected chi connectivity index (χ4v) is 2.75. The number of piperazine rings is 1. The van der Waals surface area contributed by atoms with Crippen molar-refractivity contribution in [2.75, 3.05) is 45.9 Å². The van der Waals surface area contributed by atoms with Gasteiger partial charge in [0.25, 0.3) is 5.91 Å². The third kappa shape index (κ3) is 6.84. The van der Waals surface area contributed by atoms with Crippen LogP contribution < -0.4 is 5.32 Å². The summed E-state index contributed by atoms with van der Waals surface area (Å²) in [5.74, 6) is 0.0993. The van der Waals surface area contributed by atoms with Gasteiger partial charge in [0.2, 0.25) is 5.91 Å². The molecule has 138 valence electrons. The molecule has 0 bridgehead atoms. The Hall–Kier alpha value is -1.92. The molecule has 1 heterocycles. The summed E-state index contributed by atoms with van der Waals surface area (Å²) in [6, 6.07) is 9.33. The van der Waals surface area contributed by atoms with Crippen LogP contribution in [0.25, 0.3) is 0 Å². The molecule has 0 radical (unpaired) electrons. The molecule has 2 rings (SSSR count). The van der Waals surface area contributed by atoms with Gasteiger partial charge in [0.05, 0.1) is 12.6 Å². The van der Waals surface area contributed by atoms with Crippen molar-refractivity contribution in [2.24, 2.45) is 0 Å². The Kier molecular flexibility index (Phi) is 7.88. The second-order valence-electron chi connectivity index (χ2n) is 6.56. The van der Waals surface area contributed by atoms with Crippen molar-refractivity contribution in [3.63, 3.8) is 0 Å². The lowest BCUT2D eigenvalue weighted by atomic mass is 10.2. The number of ether oxygens (including phenoxy) is 1. The molecule has 0 spiro atoms. The van der Waals surface area contributed by atoms with Crippen molar-refractivity contribution >= 4 is 11.8 Å². The van der Waals surface area contributed by atoms with Gasteiger partial charge in [-0.15, -0.1) is 0 Å². The van der Waals surface area contributed by atoms with Gasteiger partial charge in [0.1, 0.15) is 0 Å². The summed E-state index contributed by atoms with van der Waals surface area (Å²) < 4.78 is 5.45. The fraction of sp³-hybridized carbons (Fsp3) is 0.579. The van der Waals surface area contributed by atoms with Crippen LogP contribution in [0.3, 0.4) is 0 Å². The van der Waals surface area contributed by atoms with Crippen molar-refractivity contribution in [3.05, 3.63) is 35.9 Å². The van der Waals surface area contributed by atoms with Gasteiger partial charge in [-0.2, -0.15) is 0 Å². The van der Waals surface area contributed by atoms with Crippen molar-refractivity contribution in [1.82, 2.24) is 15.1 Å². The lowest BCUT2D eigenvalue weighted by Crippen LogP contribution is -2.51. The molecule has 6 nitrogen and oxygen atoms in total. The first-order chi connectivity index (χ1) is 12.1. The van der Waals surface area contributed by atoms with E-state index in [2.05, 4.69) is 10.2 Å². The maximum atomic E-state index is 12.4. The minimum Gasteiger partial charge on any atom is -0.379 e. The summed E-state index contributed by atoms with van der Waals surface area (Å²) in [6.45, 7) is 8.45. The molecule has 25 heavy (non-hydrogen) atoms. The summed E-state index contributed by atoms with van der Waals surface area (Å²) in [5, 5.41) is 2.92. The number of amides is 2. The maximum Gasteiger partial charge on any atom is 0.253 e. The Labute approximate surface area is 150 Å². The van der Waals surface area contributed by atoms with Crippen LogP contribution in [0.1, 0.15) is 30.6 Å². The van der Waals surface area contributed by atoms with Gasteiger partial charge < -0.3 is 15.0 Å². The van der Waals surface area contributed by atoms with Gasteiger partial charge in [-0.1, -0.05) is 18.2 Å². The molecule has 1 aliphatic heterocycles. The molecule has 1 aliphatic rings. The Balaban J connectivity index is 1.63. The molecule has 0 aromatic heterocycles. The molecule has 1 saturated heterocycles. The average Bonchev–Trinajstić information content (AvgIpc) is 2.62. The molecule has 6 heteroatoms. The number of carbonyl (C=O) groups is 2. The van der Waals surface area contributed by atoms with Crippen molar-refractivity contribution in [2.45, 2.75) is 26.4 Å². The molecular formula is C19H29N3O3. The second kappa shape index (κ2) is 10.2. The summed E-state index contributed by atoms with van der Waals surface area (Å²) in [6.07, 6.45) is 1.05. The highest BCUT2D eigenvalue weighted by atomic mass is 16.5. The maximum absolute atomic E-state index is 12.4. The molecular weight excluding hydrogens is 318 g/mol. The fourth-order valence-electron chi connectivity index (χ4n) is 2.75. The Morgan fingerprint density at radius 3 is 2.44 bits per heavy atom. The minimum absolute atomic E-state index is 0.0346. The van der Waals surface area contributed by atoms with E-state index in [9.17, 15) is 9.59 Å². The van der Waals surface area contributed by atoms with Gasteiger partial charge in [0, 0.05) is 44.9 Å². The number of carbonyl (C=O) groups excluding carboxylic acids is 2. The van der Waals surface area contributed by atoms with Crippen LogP contribution >= 0.6 is 0 Å². The predicted molar refractivity (Wildman–Crippen MR) is 97.5 cm³/mol. The standard InChI is InChI=1S/C19H29N3O3/c1-16(2)25-14-6-9-20-18(23)15-21-10-12-22(13-11-21)19(24)17-7-4-3-5-8-17/h3-5,7-8,16H,6,9-15H2,1-2H3,(H,20,23). The van der Waals surface area contributed by atoms with E-state index < -0.39 is 0 Å². The van der Waals surface area contributed by atoms with Crippen LogP contribution in [-0.4, -0.2) is 73.6 Å². The zero-order valence-corrected chi connectivity index (χ0v) is 15.2. The van der Waals surface area contributed by atoms with Crippen molar-refractivity contribution in [3.8, 4) is 0 Å². The zero-order chi connectivity index (χ0) is 18.1. The van der Waals surface area contributed by atoms with Gasteiger partial charge in [0.15, 0.2) is 0 Å². The van der Waals surface area contributed by atoms with Crippen LogP contribution in [0.15, 0.2) is 30.3 Å². The third-order valence-electron chi connectivity index (χ3n) is 4.14. The van der Waals surface area contributed by atoms with Crippen LogP contribution in [0.4, 0.5) is 0 Å². The number of hydrogen-bond donors (Lipinski definition) is 1. The van der Waals surface area contributed by atoms with Crippen molar-refractivity contribution in [1.29, 1.82) is 0 Å². The number of benzene rings is 1. The molecule has 0 aliphatic carbocycles. The Bertz CT molecular complexity index is 540. The second-order valence-corrected chi connectivity index (χ2v) is 6.56. The summed E-state index contributed by atoms with van der Waals surface area (Å²) >= 11 is 0. The summed E-state index contributed by atoms with van der Waals surface area (Å²) in [4.78, 5) is 28.3. The first kappa shape index (κ1) is 19.4. The highest BCUT2D eigenvalue weighted by Gasteiger charge is 2.22. The van der Waals surface area contributed by atoms with Crippen LogP contribution in [0.5, 0.6) is 0 Å². The van der Waals surface area contributed by atoms with Gasteiger partial charge >= 0.3 is 0 Å². The number of nitrogens with zero attached hydrogens (tertiary/aromatic N) is 2. The highest BCUT2D eigenvalue weighted by Crippen LogP contribution is 2.08. The van der Waals surface area contributed by atoms with Gasteiger partial charge in [-0.3, -0.25) is 14.5 Å². The van der Waals surface area contributed by atoms with E-state index in [0.717, 1.165) is 25.1 Å². The lowest BCUT2D eigenvalue weighted by Gasteiger charge is -2.34. The molecule has 1 aromatic carbocycles. The number of nitrogens with one attached hydrogen (secondary N) is 1. The van der Waals surface area contributed by atoms with Crippen LogP contribution in [-0.2, 0) is 9.53 Å². The zero-order valence-electron chi connectivity index (χ0n) is 15.2. The van der Waals surface area contributed by atoms with Gasteiger partial charge in [-0.05, 0) is 32.4 Å². The smallest absolute Gasteiger partial charge is 0.253 e. The van der Waals surface area contributed by atoms with E-state index in [-0.39, 0.29) is 17.9 Å². The molecule has 1 N–H and O–H groups in total. The van der Waals surface area contributed by atoms with E-state index in [1.165, 1.54) is 0 Å². The van der Waals surface area contributed by atoms with Gasteiger partial charge in [-0.25, -0.2) is 0 Å². The number of hydrogen-bond acceptors (Lipinski definition) is 4. The minimum atomic E-state index is 0.0346. The van der Waals surface area contributed by atoms with E-state index in [1.54, 1.807) is 0 Å². The van der Waals surface area contributed by atoms with Crippen LogP contribution in [0.2, 0.25) is 0 Å². The molecule has 1 aromatic rings. The lowest BCUT2D eigenvalue weighted by molar-refractivity contribution is -0.122. The van der Waals surface area contributed by atoms with E-state index >= 15 is 0 Å². The number of rotatable bonds is 8. The summed E-state index contributed by atoms with van der Waals surface area (Å²) in [7, 11) is 0. The molecule has 1 fully saturated rings.